The predicted octanol–water partition coefficient (Wildman–Crippen LogP) is 3.04. The summed E-state index contributed by atoms with van der Waals surface area (Å²) in [5.74, 6) is -0.211. The van der Waals surface area contributed by atoms with Crippen molar-refractivity contribution in [3.63, 3.8) is 0 Å². The lowest BCUT2D eigenvalue weighted by molar-refractivity contribution is -0.402. The summed E-state index contributed by atoms with van der Waals surface area (Å²) in [5.41, 5.74) is 0. The Bertz CT molecular complexity index is 499. The zero-order chi connectivity index (χ0) is 14.4. The van der Waals surface area contributed by atoms with Gasteiger partial charge in [-0.25, -0.2) is 0 Å². The summed E-state index contributed by atoms with van der Waals surface area (Å²) in [7, 11) is 0. The molecule has 1 aliphatic carbocycles. The number of carbonyl (C=O) groups excluding carboxylic acids is 1. The van der Waals surface area contributed by atoms with Crippen LogP contribution >= 0.6 is 0 Å². The highest BCUT2D eigenvalue weighted by atomic mass is 16.6. The van der Waals surface area contributed by atoms with E-state index in [4.69, 9.17) is 4.42 Å². The van der Waals surface area contributed by atoms with Crippen LogP contribution in [0.2, 0.25) is 0 Å². The molecular weight excluding hydrogens is 260 g/mol. The normalized spacial score (nSPS) is 17.0. The molecule has 1 fully saturated rings. The number of hydrogen-bond acceptors (Lipinski definition) is 4. The first-order valence-electron chi connectivity index (χ1n) is 6.88. The molecule has 6 nitrogen and oxygen atoms in total. The Balaban J connectivity index is 1.86. The lowest BCUT2D eigenvalue weighted by atomic mass is 10.1. The molecule has 1 N–H and O–H groups in total. The minimum atomic E-state index is -0.608. The Morgan fingerprint density at radius 3 is 2.60 bits per heavy atom. The quantitative estimate of drug-likeness (QED) is 0.397. The average Bonchev–Trinajstić information content (AvgIpc) is 2.75. The molecule has 2 rings (SSSR count). The van der Waals surface area contributed by atoms with Crippen LogP contribution < -0.4 is 5.32 Å². The third-order valence-corrected chi connectivity index (χ3v) is 3.39. The highest BCUT2D eigenvalue weighted by Crippen LogP contribution is 2.18. The molecule has 6 heteroatoms. The van der Waals surface area contributed by atoms with Crippen LogP contribution in [0.25, 0.3) is 6.08 Å². The summed E-state index contributed by atoms with van der Waals surface area (Å²) in [6.07, 6.45) is 9.61. The third kappa shape index (κ3) is 4.22. The Labute approximate surface area is 117 Å². The number of amides is 1. The van der Waals surface area contributed by atoms with Crippen molar-refractivity contribution in [1.82, 2.24) is 5.32 Å². The molecule has 1 aromatic heterocycles. The molecular formula is C14H18N2O4. The van der Waals surface area contributed by atoms with Gasteiger partial charge < -0.3 is 9.73 Å². The molecule has 1 saturated carbocycles. The second-order valence-electron chi connectivity index (χ2n) is 4.96. The Kier molecular flexibility index (Phi) is 4.92. The minimum absolute atomic E-state index is 0.184. The molecule has 0 unspecified atom stereocenters. The standard InChI is InChI=1S/C14H18N2O4/c17-13(15-11-5-3-1-2-4-6-11)9-7-12-8-10-14(20-12)16(18)19/h7-11H,1-6H2,(H,15,17)/b9-7+. The monoisotopic (exact) mass is 278 g/mol. The van der Waals surface area contributed by atoms with Crippen LogP contribution in [0, 0.1) is 10.1 Å². The summed E-state index contributed by atoms with van der Waals surface area (Å²) in [6.45, 7) is 0. The van der Waals surface area contributed by atoms with Gasteiger partial charge in [-0.3, -0.25) is 14.9 Å². The topological polar surface area (TPSA) is 85.4 Å². The number of hydrogen-bond donors (Lipinski definition) is 1. The van der Waals surface area contributed by atoms with Gasteiger partial charge in [0.25, 0.3) is 0 Å². The minimum Gasteiger partial charge on any atom is -0.401 e. The van der Waals surface area contributed by atoms with Crippen molar-refractivity contribution >= 4 is 17.9 Å². The van der Waals surface area contributed by atoms with Gasteiger partial charge in [0.1, 0.15) is 10.7 Å². The first-order chi connectivity index (χ1) is 9.65. The molecule has 1 aromatic rings. The van der Waals surface area contributed by atoms with Crippen LogP contribution in [0.1, 0.15) is 44.3 Å². The van der Waals surface area contributed by atoms with Gasteiger partial charge in [0.15, 0.2) is 0 Å². The molecule has 0 bridgehead atoms. The van der Waals surface area contributed by atoms with E-state index in [9.17, 15) is 14.9 Å². The van der Waals surface area contributed by atoms with Gasteiger partial charge in [-0.05, 0) is 25.0 Å². The maximum atomic E-state index is 11.8. The van der Waals surface area contributed by atoms with Crippen molar-refractivity contribution in [2.24, 2.45) is 0 Å². The van der Waals surface area contributed by atoms with E-state index in [0.29, 0.717) is 5.76 Å². The van der Waals surface area contributed by atoms with E-state index in [-0.39, 0.29) is 17.8 Å². The number of furan rings is 1. The zero-order valence-electron chi connectivity index (χ0n) is 11.2. The fourth-order valence-corrected chi connectivity index (χ4v) is 2.36. The smallest absolute Gasteiger partial charge is 0.401 e. The van der Waals surface area contributed by atoms with Crippen molar-refractivity contribution in [2.45, 2.75) is 44.6 Å². The number of rotatable bonds is 4. The molecule has 0 spiro atoms. The fraction of sp³-hybridized carbons (Fsp3) is 0.500. The molecule has 20 heavy (non-hydrogen) atoms. The molecule has 0 atom stereocenters. The summed E-state index contributed by atoms with van der Waals surface area (Å²) in [4.78, 5) is 21.6. The van der Waals surface area contributed by atoms with Crippen LogP contribution in [0.5, 0.6) is 0 Å². The second-order valence-corrected chi connectivity index (χ2v) is 4.96. The molecule has 1 aliphatic rings. The highest BCUT2D eigenvalue weighted by Gasteiger charge is 2.14. The number of carbonyl (C=O) groups is 1. The molecule has 1 amide bonds. The first kappa shape index (κ1) is 14.3. The highest BCUT2D eigenvalue weighted by molar-refractivity contribution is 5.91. The molecule has 1 heterocycles. The third-order valence-electron chi connectivity index (χ3n) is 3.39. The molecule has 0 radical (unpaired) electrons. The Morgan fingerprint density at radius 1 is 1.30 bits per heavy atom. The van der Waals surface area contributed by atoms with E-state index in [2.05, 4.69) is 5.32 Å². The summed E-state index contributed by atoms with van der Waals surface area (Å²) >= 11 is 0. The largest absolute Gasteiger partial charge is 0.433 e. The van der Waals surface area contributed by atoms with Gasteiger partial charge in [-0.15, -0.1) is 0 Å². The van der Waals surface area contributed by atoms with Gasteiger partial charge in [-0.1, -0.05) is 25.7 Å². The van der Waals surface area contributed by atoms with Gasteiger partial charge in [0.05, 0.1) is 6.07 Å². The summed E-state index contributed by atoms with van der Waals surface area (Å²) in [5, 5.41) is 13.4. The lowest BCUT2D eigenvalue weighted by Gasteiger charge is -2.14. The Morgan fingerprint density at radius 2 is 2.00 bits per heavy atom. The van der Waals surface area contributed by atoms with Crippen molar-refractivity contribution in [1.29, 1.82) is 0 Å². The van der Waals surface area contributed by atoms with E-state index < -0.39 is 4.92 Å². The van der Waals surface area contributed by atoms with Crippen molar-refractivity contribution in [3.05, 3.63) is 34.1 Å². The predicted molar refractivity (Wildman–Crippen MR) is 74.0 cm³/mol. The number of nitro groups is 1. The molecule has 108 valence electrons. The molecule has 0 aliphatic heterocycles. The summed E-state index contributed by atoms with van der Waals surface area (Å²) in [6, 6.07) is 2.97. The van der Waals surface area contributed by atoms with Crippen LogP contribution in [0.3, 0.4) is 0 Å². The van der Waals surface area contributed by atoms with Crippen LogP contribution in [-0.4, -0.2) is 16.9 Å². The fourth-order valence-electron chi connectivity index (χ4n) is 2.36. The van der Waals surface area contributed by atoms with Gasteiger partial charge >= 0.3 is 5.88 Å². The average molecular weight is 278 g/mol. The SMILES string of the molecule is O=C(/C=C/c1ccc([N+](=O)[O-])o1)NC1CCCCCC1. The maximum Gasteiger partial charge on any atom is 0.433 e. The zero-order valence-corrected chi connectivity index (χ0v) is 11.2. The Hall–Kier alpha value is -2.11. The van der Waals surface area contributed by atoms with Crippen LogP contribution in [0.15, 0.2) is 22.6 Å². The number of nitrogens with one attached hydrogen (secondary N) is 1. The van der Waals surface area contributed by atoms with E-state index >= 15 is 0 Å². The first-order valence-corrected chi connectivity index (χ1v) is 6.88. The van der Waals surface area contributed by atoms with E-state index in [0.717, 1.165) is 25.7 Å². The van der Waals surface area contributed by atoms with Crippen molar-refractivity contribution in [2.75, 3.05) is 0 Å². The van der Waals surface area contributed by atoms with Crippen molar-refractivity contribution < 1.29 is 14.1 Å². The van der Waals surface area contributed by atoms with Crippen LogP contribution in [0.4, 0.5) is 5.88 Å². The van der Waals surface area contributed by atoms with E-state index in [1.807, 2.05) is 0 Å². The van der Waals surface area contributed by atoms with Gasteiger partial charge in [0.2, 0.25) is 5.91 Å². The second kappa shape index (κ2) is 6.88. The summed E-state index contributed by atoms with van der Waals surface area (Å²) < 4.78 is 4.94. The maximum absolute atomic E-state index is 11.8. The van der Waals surface area contributed by atoms with Crippen molar-refractivity contribution in [3.8, 4) is 0 Å². The number of nitrogens with zero attached hydrogens (tertiary/aromatic N) is 1. The molecule has 0 saturated heterocycles. The van der Waals surface area contributed by atoms with Gasteiger partial charge in [-0.2, -0.15) is 0 Å². The molecule has 0 aromatic carbocycles. The van der Waals surface area contributed by atoms with Crippen LogP contribution in [-0.2, 0) is 4.79 Å². The van der Waals surface area contributed by atoms with Gasteiger partial charge in [0, 0.05) is 12.1 Å². The lowest BCUT2D eigenvalue weighted by Crippen LogP contribution is -2.33. The van der Waals surface area contributed by atoms with E-state index in [1.54, 1.807) is 0 Å². The van der Waals surface area contributed by atoms with E-state index in [1.165, 1.54) is 37.1 Å².